The molecule has 3 aromatic rings. The number of fused-ring (bicyclic) bond motifs is 3. The quantitative estimate of drug-likeness (QED) is 0.397. The molecule has 0 bridgehead atoms. The molecule has 8 heteroatoms. The monoisotopic (exact) mass is 535 g/mol. The fourth-order valence-electron chi connectivity index (χ4n) is 6.74. The number of hydrogen-bond donors (Lipinski definition) is 4. The number of aromatic amines is 1. The summed E-state index contributed by atoms with van der Waals surface area (Å²) in [5.41, 5.74) is 5.23. The number of nitrogens with zero attached hydrogens (tertiary/aromatic N) is 1. The molecular formula is C30H38ClN5O2. The van der Waals surface area contributed by atoms with E-state index in [2.05, 4.69) is 51.3 Å². The van der Waals surface area contributed by atoms with Crippen molar-refractivity contribution < 1.29 is 9.59 Å². The lowest BCUT2D eigenvalue weighted by Crippen LogP contribution is -2.57. The van der Waals surface area contributed by atoms with Crippen LogP contribution in [0.5, 0.6) is 0 Å². The minimum Gasteiger partial charge on any atom is -0.361 e. The molecule has 1 aromatic heterocycles. The third kappa shape index (κ3) is 5.27. The molecule has 2 fully saturated rings. The molecule has 2 saturated heterocycles. The van der Waals surface area contributed by atoms with Crippen LogP contribution in [-0.2, 0) is 23.1 Å². The van der Waals surface area contributed by atoms with E-state index in [1.54, 1.807) is 0 Å². The Morgan fingerprint density at radius 1 is 1.05 bits per heavy atom. The van der Waals surface area contributed by atoms with Crippen molar-refractivity contribution in [1.82, 2.24) is 25.8 Å². The second-order valence-corrected chi connectivity index (χ2v) is 11.0. The van der Waals surface area contributed by atoms with Crippen LogP contribution in [0.15, 0.2) is 54.7 Å². The number of likely N-dealkylation sites (tertiary alicyclic amines) is 1. The number of aromatic nitrogens is 1. The minimum absolute atomic E-state index is 0. The number of carbonyl (C=O) groups excluding carboxylic acids is 2. The summed E-state index contributed by atoms with van der Waals surface area (Å²) in [6.07, 6.45) is 8.69. The van der Waals surface area contributed by atoms with Crippen LogP contribution in [0.3, 0.4) is 0 Å². The summed E-state index contributed by atoms with van der Waals surface area (Å²) in [5.74, 6) is 0.0170. The van der Waals surface area contributed by atoms with Crippen molar-refractivity contribution in [2.45, 2.75) is 62.4 Å². The molecule has 0 radical (unpaired) electrons. The Morgan fingerprint density at radius 3 is 2.66 bits per heavy atom. The van der Waals surface area contributed by atoms with Gasteiger partial charge in [-0.15, -0.1) is 12.4 Å². The number of hydrogen-bond acceptors (Lipinski definition) is 3. The lowest BCUT2D eigenvalue weighted by atomic mass is 9.74. The Bertz CT molecular complexity index is 1280. The van der Waals surface area contributed by atoms with Gasteiger partial charge in [-0.1, -0.05) is 42.5 Å². The highest BCUT2D eigenvalue weighted by Crippen LogP contribution is 2.46. The molecule has 3 heterocycles. The summed E-state index contributed by atoms with van der Waals surface area (Å²) in [6.45, 7) is 3.22. The van der Waals surface area contributed by atoms with Crippen LogP contribution >= 0.6 is 12.4 Å². The molecule has 0 saturated carbocycles. The highest BCUT2D eigenvalue weighted by molar-refractivity contribution is 5.89. The van der Waals surface area contributed by atoms with Gasteiger partial charge in [0.2, 0.25) is 5.91 Å². The Balaban J connectivity index is 0.00000294. The highest BCUT2D eigenvalue weighted by Gasteiger charge is 2.42. The van der Waals surface area contributed by atoms with Crippen molar-refractivity contribution >= 4 is 35.2 Å². The summed E-state index contributed by atoms with van der Waals surface area (Å²) in [4.78, 5) is 32.2. The first-order valence-electron chi connectivity index (χ1n) is 13.8. The Hall–Kier alpha value is -3.03. The van der Waals surface area contributed by atoms with Crippen molar-refractivity contribution in [3.05, 3.63) is 71.4 Å². The van der Waals surface area contributed by atoms with Gasteiger partial charge in [-0.25, -0.2) is 4.79 Å². The number of halogens is 1. The van der Waals surface area contributed by atoms with E-state index in [0.29, 0.717) is 6.42 Å². The highest BCUT2D eigenvalue weighted by atomic mass is 35.5. The van der Waals surface area contributed by atoms with Crippen LogP contribution in [0, 0.1) is 0 Å². The molecule has 3 amide bonds. The van der Waals surface area contributed by atoms with E-state index in [1.807, 2.05) is 29.3 Å². The Morgan fingerprint density at radius 2 is 1.84 bits per heavy atom. The second kappa shape index (κ2) is 11.4. The first-order valence-corrected chi connectivity index (χ1v) is 13.8. The molecule has 1 aliphatic carbocycles. The van der Waals surface area contributed by atoms with Gasteiger partial charge in [0.15, 0.2) is 0 Å². The van der Waals surface area contributed by atoms with Gasteiger partial charge in [0, 0.05) is 49.2 Å². The first kappa shape index (κ1) is 26.6. The average molecular weight is 536 g/mol. The van der Waals surface area contributed by atoms with Gasteiger partial charge >= 0.3 is 6.03 Å². The summed E-state index contributed by atoms with van der Waals surface area (Å²) >= 11 is 0. The van der Waals surface area contributed by atoms with Gasteiger partial charge in [0.25, 0.3) is 0 Å². The van der Waals surface area contributed by atoms with Crippen molar-refractivity contribution in [1.29, 1.82) is 0 Å². The SMILES string of the molecule is Cl.O=C(NC(Cc1c[nH]c2ccccc12)C(=O)N1CCC2(CCc3ccccc32)CC1)N[C@@H]1CCCNC1. The number of piperidine rings is 2. The van der Waals surface area contributed by atoms with E-state index in [9.17, 15) is 9.59 Å². The third-order valence-corrected chi connectivity index (χ3v) is 8.83. The van der Waals surface area contributed by atoms with Crippen LogP contribution in [-0.4, -0.2) is 60.1 Å². The number of para-hydroxylation sites is 1. The summed E-state index contributed by atoms with van der Waals surface area (Å²) in [7, 11) is 0. The maximum Gasteiger partial charge on any atom is 0.315 e. The predicted octanol–water partition coefficient (Wildman–Crippen LogP) is 4.06. The smallest absolute Gasteiger partial charge is 0.315 e. The topological polar surface area (TPSA) is 89.3 Å². The molecule has 2 atom stereocenters. The van der Waals surface area contributed by atoms with Crippen LogP contribution in [0.4, 0.5) is 4.79 Å². The van der Waals surface area contributed by atoms with Crippen molar-refractivity contribution in [2.75, 3.05) is 26.2 Å². The number of benzene rings is 2. The van der Waals surface area contributed by atoms with Gasteiger partial charge in [-0.2, -0.15) is 0 Å². The molecule has 4 N–H and O–H groups in total. The maximum absolute atomic E-state index is 13.9. The predicted molar refractivity (Wildman–Crippen MR) is 153 cm³/mol. The molecule has 2 aliphatic heterocycles. The zero-order valence-corrected chi connectivity index (χ0v) is 22.6. The second-order valence-electron chi connectivity index (χ2n) is 11.0. The van der Waals surface area contributed by atoms with Gasteiger partial charge in [-0.3, -0.25) is 4.79 Å². The van der Waals surface area contributed by atoms with Gasteiger partial charge in [0.1, 0.15) is 6.04 Å². The van der Waals surface area contributed by atoms with Crippen LogP contribution < -0.4 is 16.0 Å². The zero-order valence-electron chi connectivity index (χ0n) is 21.8. The molecule has 3 aliphatic rings. The Kier molecular flexibility index (Phi) is 7.96. The third-order valence-electron chi connectivity index (χ3n) is 8.83. The number of aryl methyl sites for hydroxylation is 1. The summed E-state index contributed by atoms with van der Waals surface area (Å²) in [5, 5.41) is 10.6. The molecule has 6 rings (SSSR count). The van der Waals surface area contributed by atoms with Crippen LogP contribution in [0.2, 0.25) is 0 Å². The van der Waals surface area contributed by atoms with Gasteiger partial charge in [0.05, 0.1) is 0 Å². The number of amides is 3. The molecule has 1 unspecified atom stereocenters. The number of nitrogens with one attached hydrogen (secondary N) is 4. The number of carbonyl (C=O) groups is 2. The van der Waals surface area contributed by atoms with E-state index in [-0.39, 0.29) is 35.8 Å². The van der Waals surface area contributed by atoms with Crippen LogP contribution in [0.25, 0.3) is 10.9 Å². The summed E-state index contributed by atoms with van der Waals surface area (Å²) < 4.78 is 0. The van der Waals surface area contributed by atoms with Gasteiger partial charge < -0.3 is 25.8 Å². The van der Waals surface area contributed by atoms with Crippen molar-refractivity contribution in [2.24, 2.45) is 0 Å². The molecule has 38 heavy (non-hydrogen) atoms. The fourth-order valence-corrected chi connectivity index (χ4v) is 6.74. The molecular weight excluding hydrogens is 498 g/mol. The molecule has 202 valence electrons. The maximum atomic E-state index is 13.9. The number of rotatable bonds is 5. The average Bonchev–Trinajstić information content (AvgIpc) is 3.51. The Labute approximate surface area is 230 Å². The van der Waals surface area contributed by atoms with Gasteiger partial charge in [-0.05, 0) is 73.2 Å². The number of H-pyrrole nitrogens is 1. The lowest BCUT2D eigenvalue weighted by molar-refractivity contribution is -0.134. The standard InChI is InChI=1S/C30H37N5O2.ClH/c36-28(35-16-13-30(14-17-35)12-11-21-6-1-3-9-25(21)30)27(34-29(37)33-23-7-5-15-31-20-23)18-22-19-32-26-10-4-2-8-24(22)26;/h1-4,6,8-10,19,23,27,31-32H,5,7,11-18,20H2,(H2,33,34,37);1H/t23-,27?;/m1./s1. The van der Waals surface area contributed by atoms with Crippen molar-refractivity contribution in [3.8, 4) is 0 Å². The zero-order chi connectivity index (χ0) is 25.2. The molecule has 7 nitrogen and oxygen atoms in total. The summed E-state index contributed by atoms with van der Waals surface area (Å²) in [6, 6.07) is 16.1. The molecule has 1 spiro atoms. The van der Waals surface area contributed by atoms with Crippen molar-refractivity contribution in [3.63, 3.8) is 0 Å². The van der Waals surface area contributed by atoms with E-state index >= 15 is 0 Å². The fraction of sp³-hybridized carbons (Fsp3) is 0.467. The van der Waals surface area contributed by atoms with Crippen LogP contribution in [0.1, 0.15) is 48.8 Å². The van der Waals surface area contributed by atoms with E-state index < -0.39 is 6.04 Å². The molecule has 2 aromatic carbocycles. The normalized spacial score (nSPS) is 20.9. The number of urea groups is 1. The lowest BCUT2D eigenvalue weighted by Gasteiger charge is -2.41. The van der Waals surface area contributed by atoms with E-state index in [1.165, 1.54) is 17.5 Å². The minimum atomic E-state index is -0.610. The van der Waals surface area contributed by atoms with E-state index in [0.717, 1.165) is 74.7 Å². The largest absolute Gasteiger partial charge is 0.361 e. The first-order chi connectivity index (χ1) is 18.1. The van der Waals surface area contributed by atoms with E-state index in [4.69, 9.17) is 0 Å².